The second kappa shape index (κ2) is 6.78. The highest BCUT2D eigenvalue weighted by Gasteiger charge is 2.13. The van der Waals surface area contributed by atoms with Crippen molar-refractivity contribution in [2.24, 2.45) is 0 Å². The minimum Gasteiger partial charge on any atom is -0.497 e. The quantitative estimate of drug-likeness (QED) is 0.873. The standard InChI is InChI=1S/C15H24N2O2/c1-12-10-14(18-2)11-13(15(12)19-3)4-7-17-8-5-16-6-9-17/h10-11,16H,4-9H2,1-3H3. The number of nitrogens with one attached hydrogen (secondary N) is 1. The van der Waals surface area contributed by atoms with Crippen LogP contribution in [0, 0.1) is 6.92 Å². The van der Waals surface area contributed by atoms with Crippen LogP contribution in [0.5, 0.6) is 11.5 Å². The van der Waals surface area contributed by atoms with Crippen molar-refractivity contribution >= 4 is 0 Å². The fourth-order valence-electron chi connectivity index (χ4n) is 2.62. The van der Waals surface area contributed by atoms with E-state index in [-0.39, 0.29) is 0 Å². The molecule has 0 saturated carbocycles. The summed E-state index contributed by atoms with van der Waals surface area (Å²) < 4.78 is 10.9. The Hall–Kier alpha value is -1.26. The van der Waals surface area contributed by atoms with Gasteiger partial charge in [-0.1, -0.05) is 0 Å². The van der Waals surface area contributed by atoms with Crippen molar-refractivity contribution in [1.82, 2.24) is 10.2 Å². The third-order valence-corrected chi connectivity index (χ3v) is 3.67. The summed E-state index contributed by atoms with van der Waals surface area (Å²) in [7, 11) is 3.45. The number of hydrogen-bond donors (Lipinski definition) is 1. The van der Waals surface area contributed by atoms with E-state index in [1.807, 2.05) is 6.07 Å². The summed E-state index contributed by atoms with van der Waals surface area (Å²) in [4.78, 5) is 2.49. The molecule has 1 aromatic rings. The average molecular weight is 264 g/mol. The van der Waals surface area contributed by atoms with Gasteiger partial charge in [0.2, 0.25) is 0 Å². The Bertz CT molecular complexity index is 415. The van der Waals surface area contributed by atoms with Gasteiger partial charge in [0.15, 0.2) is 0 Å². The smallest absolute Gasteiger partial charge is 0.125 e. The summed E-state index contributed by atoms with van der Waals surface area (Å²) in [5, 5.41) is 3.38. The molecule has 1 aliphatic heterocycles. The molecule has 0 radical (unpaired) electrons. The number of ether oxygens (including phenoxy) is 2. The lowest BCUT2D eigenvalue weighted by Crippen LogP contribution is -2.44. The van der Waals surface area contributed by atoms with Crippen LogP contribution in [0.15, 0.2) is 12.1 Å². The summed E-state index contributed by atoms with van der Waals surface area (Å²) in [6.45, 7) is 7.58. The number of piperazine rings is 1. The van der Waals surface area contributed by atoms with Gasteiger partial charge in [-0.2, -0.15) is 0 Å². The number of rotatable bonds is 5. The Morgan fingerprint density at radius 1 is 1.16 bits per heavy atom. The SMILES string of the molecule is COc1cc(C)c(OC)c(CCN2CCNCC2)c1. The maximum atomic E-state index is 5.53. The first-order chi connectivity index (χ1) is 9.24. The molecule has 0 bridgehead atoms. The molecule has 0 unspecified atom stereocenters. The molecule has 1 heterocycles. The highest BCUT2D eigenvalue weighted by atomic mass is 16.5. The Morgan fingerprint density at radius 3 is 2.53 bits per heavy atom. The van der Waals surface area contributed by atoms with Gasteiger partial charge in [-0.25, -0.2) is 0 Å². The predicted molar refractivity (Wildman–Crippen MR) is 77.3 cm³/mol. The molecule has 1 aromatic carbocycles. The van der Waals surface area contributed by atoms with Gasteiger partial charge in [0.25, 0.3) is 0 Å². The minimum absolute atomic E-state index is 0.911. The fourth-order valence-corrected chi connectivity index (χ4v) is 2.62. The molecular formula is C15H24N2O2. The van der Waals surface area contributed by atoms with Crippen molar-refractivity contribution in [3.63, 3.8) is 0 Å². The Balaban J connectivity index is 2.06. The third kappa shape index (κ3) is 3.61. The molecule has 0 spiro atoms. The van der Waals surface area contributed by atoms with Gasteiger partial charge in [0.05, 0.1) is 14.2 Å². The summed E-state index contributed by atoms with van der Waals surface area (Å²) in [6, 6.07) is 4.11. The van der Waals surface area contributed by atoms with Crippen LogP contribution in [-0.2, 0) is 6.42 Å². The third-order valence-electron chi connectivity index (χ3n) is 3.67. The van der Waals surface area contributed by atoms with Gasteiger partial charge in [-0.3, -0.25) is 0 Å². The molecule has 0 atom stereocenters. The van der Waals surface area contributed by atoms with Crippen LogP contribution in [0.2, 0.25) is 0 Å². The van der Waals surface area contributed by atoms with Crippen molar-refractivity contribution in [2.45, 2.75) is 13.3 Å². The summed E-state index contributed by atoms with van der Waals surface area (Å²) in [6.07, 6.45) is 1.00. The van der Waals surface area contributed by atoms with E-state index in [2.05, 4.69) is 23.2 Å². The van der Waals surface area contributed by atoms with E-state index >= 15 is 0 Å². The van der Waals surface area contributed by atoms with E-state index in [4.69, 9.17) is 9.47 Å². The molecule has 106 valence electrons. The number of benzene rings is 1. The largest absolute Gasteiger partial charge is 0.497 e. The van der Waals surface area contributed by atoms with Crippen LogP contribution in [0.4, 0.5) is 0 Å². The summed E-state index contributed by atoms with van der Waals surface area (Å²) >= 11 is 0. The van der Waals surface area contributed by atoms with Gasteiger partial charge in [0, 0.05) is 32.7 Å². The van der Waals surface area contributed by atoms with Gasteiger partial charge >= 0.3 is 0 Å². The Kier molecular flexibility index (Phi) is 5.05. The Morgan fingerprint density at radius 2 is 1.89 bits per heavy atom. The van der Waals surface area contributed by atoms with E-state index < -0.39 is 0 Å². The normalized spacial score (nSPS) is 16.4. The lowest BCUT2D eigenvalue weighted by molar-refractivity contribution is 0.243. The molecule has 4 heteroatoms. The monoisotopic (exact) mass is 264 g/mol. The highest BCUT2D eigenvalue weighted by Crippen LogP contribution is 2.29. The zero-order chi connectivity index (χ0) is 13.7. The topological polar surface area (TPSA) is 33.7 Å². The molecule has 4 nitrogen and oxygen atoms in total. The van der Waals surface area contributed by atoms with Crippen LogP contribution < -0.4 is 14.8 Å². The molecule has 1 N–H and O–H groups in total. The second-order valence-corrected chi connectivity index (χ2v) is 4.98. The fraction of sp³-hybridized carbons (Fsp3) is 0.600. The number of aryl methyl sites for hydroxylation is 1. The van der Waals surface area contributed by atoms with Gasteiger partial charge in [-0.05, 0) is 36.6 Å². The van der Waals surface area contributed by atoms with Gasteiger partial charge in [0.1, 0.15) is 11.5 Å². The van der Waals surface area contributed by atoms with E-state index in [0.29, 0.717) is 0 Å². The second-order valence-electron chi connectivity index (χ2n) is 4.98. The highest BCUT2D eigenvalue weighted by molar-refractivity contribution is 5.46. The van der Waals surface area contributed by atoms with E-state index in [9.17, 15) is 0 Å². The first-order valence-electron chi connectivity index (χ1n) is 6.89. The molecule has 1 saturated heterocycles. The van der Waals surface area contributed by atoms with E-state index in [1.165, 1.54) is 5.56 Å². The summed E-state index contributed by atoms with van der Waals surface area (Å²) in [5.41, 5.74) is 2.37. The molecule has 2 rings (SSSR count). The lowest BCUT2D eigenvalue weighted by Gasteiger charge is -2.27. The van der Waals surface area contributed by atoms with Crippen LogP contribution >= 0.6 is 0 Å². The van der Waals surface area contributed by atoms with E-state index in [0.717, 1.165) is 56.2 Å². The number of methoxy groups -OCH3 is 2. The van der Waals surface area contributed by atoms with Crippen molar-refractivity contribution in [3.05, 3.63) is 23.3 Å². The maximum Gasteiger partial charge on any atom is 0.125 e. The molecule has 0 aliphatic carbocycles. The minimum atomic E-state index is 0.911. The molecular weight excluding hydrogens is 240 g/mol. The van der Waals surface area contributed by atoms with Crippen molar-refractivity contribution in [3.8, 4) is 11.5 Å². The number of nitrogens with zero attached hydrogens (tertiary/aromatic N) is 1. The number of hydrogen-bond acceptors (Lipinski definition) is 4. The molecule has 0 aromatic heterocycles. The molecule has 1 aliphatic rings. The van der Waals surface area contributed by atoms with Crippen molar-refractivity contribution < 1.29 is 9.47 Å². The first kappa shape index (κ1) is 14.2. The van der Waals surface area contributed by atoms with Crippen LogP contribution in [-0.4, -0.2) is 51.8 Å². The first-order valence-corrected chi connectivity index (χ1v) is 6.89. The van der Waals surface area contributed by atoms with E-state index in [1.54, 1.807) is 14.2 Å². The van der Waals surface area contributed by atoms with Gasteiger partial charge < -0.3 is 19.7 Å². The van der Waals surface area contributed by atoms with Crippen molar-refractivity contribution in [2.75, 3.05) is 46.9 Å². The molecule has 19 heavy (non-hydrogen) atoms. The zero-order valence-corrected chi connectivity index (χ0v) is 12.2. The van der Waals surface area contributed by atoms with Crippen molar-refractivity contribution in [1.29, 1.82) is 0 Å². The zero-order valence-electron chi connectivity index (χ0n) is 12.2. The lowest BCUT2D eigenvalue weighted by atomic mass is 10.1. The van der Waals surface area contributed by atoms with Crippen LogP contribution in [0.3, 0.4) is 0 Å². The maximum absolute atomic E-state index is 5.53. The van der Waals surface area contributed by atoms with Crippen LogP contribution in [0.1, 0.15) is 11.1 Å². The Labute approximate surface area is 115 Å². The molecule has 0 amide bonds. The molecule has 1 fully saturated rings. The summed E-state index contributed by atoms with van der Waals surface area (Å²) in [5.74, 6) is 1.91. The predicted octanol–water partition coefficient (Wildman–Crippen LogP) is 1.46. The van der Waals surface area contributed by atoms with Crippen LogP contribution in [0.25, 0.3) is 0 Å². The average Bonchev–Trinajstić information content (AvgIpc) is 2.45. The van der Waals surface area contributed by atoms with Gasteiger partial charge in [-0.15, -0.1) is 0 Å².